The van der Waals surface area contributed by atoms with E-state index in [1.54, 1.807) is 0 Å². The van der Waals surface area contributed by atoms with E-state index in [2.05, 4.69) is 10.6 Å². The molecule has 23 heavy (non-hydrogen) atoms. The number of alkyl carbamates (subject to hydrolysis) is 1. The molecular formula is C17H26N2O4. The molecule has 1 aliphatic rings. The smallest absolute Gasteiger partial charge is 0.407 e. The minimum absolute atomic E-state index is 0.0732. The highest BCUT2D eigenvalue weighted by Gasteiger charge is 2.29. The molecule has 0 heterocycles. The number of aliphatic hydroxyl groups excluding tert-OH is 1. The van der Waals surface area contributed by atoms with Gasteiger partial charge in [0.15, 0.2) is 0 Å². The predicted octanol–water partition coefficient (Wildman–Crippen LogP) is 1.43. The van der Waals surface area contributed by atoms with Crippen LogP contribution in [-0.4, -0.2) is 49.6 Å². The van der Waals surface area contributed by atoms with Crippen molar-refractivity contribution in [1.29, 1.82) is 0 Å². The highest BCUT2D eigenvalue weighted by atomic mass is 16.5. The standard InChI is InChI=1S/C17H26N2O4/c20-8-10-22-9-4-7-18-15-11-16(12-15)19-17(21)23-13-14-5-2-1-3-6-14/h1-3,5-6,15-16,18,20H,4,7-13H2,(H,19,21). The molecule has 1 amide bonds. The van der Waals surface area contributed by atoms with Crippen LogP contribution in [0.1, 0.15) is 24.8 Å². The molecule has 1 fully saturated rings. The Kier molecular flexibility index (Phi) is 7.86. The number of carbonyl (C=O) groups excluding carboxylic acids is 1. The Morgan fingerprint density at radius 2 is 1.96 bits per heavy atom. The third-order valence-corrected chi connectivity index (χ3v) is 3.81. The van der Waals surface area contributed by atoms with Crippen LogP contribution >= 0.6 is 0 Å². The number of hydrogen-bond acceptors (Lipinski definition) is 5. The molecule has 6 nitrogen and oxygen atoms in total. The van der Waals surface area contributed by atoms with Crippen molar-refractivity contribution in [2.45, 2.75) is 38.0 Å². The number of ether oxygens (including phenoxy) is 2. The van der Waals surface area contributed by atoms with Crippen LogP contribution in [-0.2, 0) is 16.1 Å². The molecule has 3 N–H and O–H groups in total. The number of aliphatic hydroxyl groups is 1. The molecule has 0 aliphatic heterocycles. The van der Waals surface area contributed by atoms with Crippen LogP contribution in [0, 0.1) is 0 Å². The van der Waals surface area contributed by atoms with Gasteiger partial charge in [-0.05, 0) is 31.4 Å². The van der Waals surface area contributed by atoms with Gasteiger partial charge in [-0.3, -0.25) is 0 Å². The lowest BCUT2D eigenvalue weighted by Crippen LogP contribution is -2.52. The second-order valence-corrected chi connectivity index (χ2v) is 5.71. The molecule has 6 heteroatoms. The fourth-order valence-electron chi connectivity index (χ4n) is 2.48. The van der Waals surface area contributed by atoms with E-state index in [0.717, 1.165) is 31.4 Å². The van der Waals surface area contributed by atoms with E-state index < -0.39 is 0 Å². The van der Waals surface area contributed by atoms with Gasteiger partial charge in [0, 0.05) is 18.7 Å². The maximum Gasteiger partial charge on any atom is 0.407 e. The Morgan fingerprint density at radius 1 is 1.17 bits per heavy atom. The molecule has 0 saturated heterocycles. The number of benzene rings is 1. The molecule has 0 radical (unpaired) electrons. The fourth-order valence-corrected chi connectivity index (χ4v) is 2.48. The van der Waals surface area contributed by atoms with E-state index in [-0.39, 0.29) is 18.7 Å². The average molecular weight is 322 g/mol. The van der Waals surface area contributed by atoms with Crippen LogP contribution in [0.4, 0.5) is 4.79 Å². The van der Waals surface area contributed by atoms with Crippen molar-refractivity contribution < 1.29 is 19.4 Å². The highest BCUT2D eigenvalue weighted by molar-refractivity contribution is 5.67. The van der Waals surface area contributed by atoms with Gasteiger partial charge in [0.25, 0.3) is 0 Å². The minimum atomic E-state index is -0.352. The van der Waals surface area contributed by atoms with Crippen LogP contribution < -0.4 is 10.6 Å². The molecular weight excluding hydrogens is 296 g/mol. The van der Waals surface area contributed by atoms with E-state index in [4.69, 9.17) is 14.6 Å². The maximum atomic E-state index is 11.7. The summed E-state index contributed by atoms with van der Waals surface area (Å²) < 4.78 is 10.4. The quantitative estimate of drug-likeness (QED) is 0.568. The Labute approximate surface area is 137 Å². The van der Waals surface area contributed by atoms with Gasteiger partial charge in [-0.25, -0.2) is 4.79 Å². The number of nitrogens with one attached hydrogen (secondary N) is 2. The van der Waals surface area contributed by atoms with Crippen molar-refractivity contribution in [1.82, 2.24) is 10.6 Å². The van der Waals surface area contributed by atoms with E-state index in [9.17, 15) is 4.79 Å². The first-order valence-electron chi connectivity index (χ1n) is 8.17. The Morgan fingerprint density at radius 3 is 2.70 bits per heavy atom. The molecule has 0 spiro atoms. The Bertz CT molecular complexity index is 449. The molecule has 2 rings (SSSR count). The zero-order valence-electron chi connectivity index (χ0n) is 13.4. The van der Waals surface area contributed by atoms with Gasteiger partial charge in [0.1, 0.15) is 6.61 Å². The van der Waals surface area contributed by atoms with Crippen molar-refractivity contribution in [2.24, 2.45) is 0 Å². The zero-order chi connectivity index (χ0) is 16.3. The van der Waals surface area contributed by atoms with E-state index in [1.165, 1.54) is 0 Å². The second kappa shape index (κ2) is 10.2. The minimum Gasteiger partial charge on any atom is -0.445 e. The van der Waals surface area contributed by atoms with Gasteiger partial charge < -0.3 is 25.2 Å². The third-order valence-electron chi connectivity index (χ3n) is 3.81. The first kappa shape index (κ1) is 17.7. The van der Waals surface area contributed by atoms with Gasteiger partial charge in [-0.2, -0.15) is 0 Å². The fraction of sp³-hybridized carbons (Fsp3) is 0.588. The number of carbonyl (C=O) groups is 1. The van der Waals surface area contributed by atoms with E-state index in [0.29, 0.717) is 25.9 Å². The summed E-state index contributed by atoms with van der Waals surface area (Å²) in [5.41, 5.74) is 0.985. The average Bonchev–Trinajstić information content (AvgIpc) is 2.54. The van der Waals surface area contributed by atoms with Crippen molar-refractivity contribution in [3.63, 3.8) is 0 Å². The summed E-state index contributed by atoms with van der Waals surface area (Å²) in [7, 11) is 0. The summed E-state index contributed by atoms with van der Waals surface area (Å²) in [6.45, 7) is 2.33. The molecule has 1 aliphatic carbocycles. The first-order chi connectivity index (χ1) is 11.3. The van der Waals surface area contributed by atoms with Gasteiger partial charge >= 0.3 is 6.09 Å². The molecule has 1 saturated carbocycles. The lowest BCUT2D eigenvalue weighted by atomic mass is 9.87. The number of amides is 1. The zero-order valence-corrected chi connectivity index (χ0v) is 13.4. The SMILES string of the molecule is O=C(NC1CC(NCCCOCCO)C1)OCc1ccccc1. The first-order valence-corrected chi connectivity index (χ1v) is 8.17. The molecule has 0 bridgehead atoms. The summed E-state index contributed by atoms with van der Waals surface area (Å²) in [6, 6.07) is 10.3. The number of rotatable bonds is 10. The largest absolute Gasteiger partial charge is 0.445 e. The predicted molar refractivity (Wildman–Crippen MR) is 87.1 cm³/mol. The van der Waals surface area contributed by atoms with Crippen molar-refractivity contribution in [3.05, 3.63) is 35.9 Å². The summed E-state index contributed by atoms with van der Waals surface area (Å²) in [4.78, 5) is 11.7. The Balaban J connectivity index is 1.46. The van der Waals surface area contributed by atoms with Gasteiger partial charge in [0.05, 0.1) is 13.2 Å². The Hall–Kier alpha value is -1.63. The molecule has 0 unspecified atom stereocenters. The summed E-state index contributed by atoms with van der Waals surface area (Å²) >= 11 is 0. The topological polar surface area (TPSA) is 79.8 Å². The van der Waals surface area contributed by atoms with Crippen molar-refractivity contribution >= 4 is 6.09 Å². The lowest BCUT2D eigenvalue weighted by molar-refractivity contribution is 0.0892. The molecule has 128 valence electrons. The summed E-state index contributed by atoms with van der Waals surface area (Å²) in [6.07, 6.45) is 2.43. The van der Waals surface area contributed by atoms with Crippen molar-refractivity contribution in [3.8, 4) is 0 Å². The van der Waals surface area contributed by atoms with Crippen LogP contribution in [0.3, 0.4) is 0 Å². The maximum absolute atomic E-state index is 11.7. The number of hydrogen-bond donors (Lipinski definition) is 3. The van der Waals surface area contributed by atoms with Crippen LogP contribution in [0.5, 0.6) is 0 Å². The van der Waals surface area contributed by atoms with Gasteiger partial charge in [0.2, 0.25) is 0 Å². The molecule has 1 aromatic carbocycles. The summed E-state index contributed by atoms with van der Waals surface area (Å²) in [5, 5.41) is 14.9. The molecule has 0 aromatic heterocycles. The monoisotopic (exact) mass is 322 g/mol. The second-order valence-electron chi connectivity index (χ2n) is 5.71. The van der Waals surface area contributed by atoms with Crippen LogP contribution in [0.2, 0.25) is 0 Å². The van der Waals surface area contributed by atoms with E-state index >= 15 is 0 Å². The van der Waals surface area contributed by atoms with E-state index in [1.807, 2.05) is 30.3 Å². The lowest BCUT2D eigenvalue weighted by Gasteiger charge is -2.36. The highest BCUT2D eigenvalue weighted by Crippen LogP contribution is 2.20. The van der Waals surface area contributed by atoms with Crippen LogP contribution in [0.25, 0.3) is 0 Å². The third kappa shape index (κ3) is 6.99. The van der Waals surface area contributed by atoms with Gasteiger partial charge in [-0.1, -0.05) is 30.3 Å². The summed E-state index contributed by atoms with van der Waals surface area (Å²) in [5.74, 6) is 0. The van der Waals surface area contributed by atoms with Crippen LogP contribution in [0.15, 0.2) is 30.3 Å². The normalized spacial score (nSPS) is 19.9. The van der Waals surface area contributed by atoms with Gasteiger partial charge in [-0.15, -0.1) is 0 Å². The molecule has 0 atom stereocenters. The van der Waals surface area contributed by atoms with Crippen molar-refractivity contribution in [2.75, 3.05) is 26.4 Å². The molecule has 1 aromatic rings.